The van der Waals surface area contributed by atoms with Gasteiger partial charge < -0.3 is 4.90 Å². The number of nitrogens with zero attached hydrogens (tertiary/aromatic N) is 6. The van der Waals surface area contributed by atoms with Gasteiger partial charge in [0.15, 0.2) is 5.82 Å². The average molecular weight is 410 g/mol. The maximum absolute atomic E-state index is 13.2. The molecule has 7 nitrogen and oxygen atoms in total. The number of carbonyl (C=O) groups excluding carboxylic acids is 1. The number of rotatable bonds is 6. The van der Waals surface area contributed by atoms with Gasteiger partial charge in [-0.3, -0.25) is 9.69 Å². The lowest BCUT2D eigenvalue weighted by molar-refractivity contribution is -0.139. The molecule has 0 N–H and O–H groups in total. The normalized spacial score (nSPS) is 16.2. The second-order valence-corrected chi connectivity index (χ2v) is 7.62. The van der Waals surface area contributed by atoms with Gasteiger partial charge in [-0.2, -0.15) is 13.2 Å². The Bertz CT molecular complexity index is 829. The summed E-state index contributed by atoms with van der Waals surface area (Å²) in [4.78, 5) is 16.1. The topological polar surface area (TPSA) is 67.2 Å². The third kappa shape index (κ3) is 5.53. The van der Waals surface area contributed by atoms with Crippen LogP contribution in [0, 0.1) is 5.92 Å². The van der Waals surface area contributed by atoms with Gasteiger partial charge in [0.2, 0.25) is 5.91 Å². The van der Waals surface area contributed by atoms with Crippen molar-refractivity contribution in [2.24, 2.45) is 5.92 Å². The molecule has 1 aromatic carbocycles. The fourth-order valence-electron chi connectivity index (χ4n) is 3.41. The van der Waals surface area contributed by atoms with Crippen molar-refractivity contribution in [1.29, 1.82) is 0 Å². The van der Waals surface area contributed by atoms with E-state index in [9.17, 15) is 18.0 Å². The number of alkyl halides is 3. The maximum Gasteiger partial charge on any atom is 0.416 e. The van der Waals surface area contributed by atoms with E-state index in [1.54, 1.807) is 0 Å². The van der Waals surface area contributed by atoms with Crippen LogP contribution in [0.1, 0.15) is 36.7 Å². The molecule has 1 aromatic heterocycles. The monoisotopic (exact) mass is 410 g/mol. The van der Waals surface area contributed by atoms with Gasteiger partial charge in [-0.05, 0) is 53.9 Å². The number of aromatic nitrogens is 4. The average Bonchev–Trinajstić information content (AvgIpc) is 3.09. The third-order valence-corrected chi connectivity index (χ3v) is 5.29. The number of amides is 1. The van der Waals surface area contributed by atoms with Crippen LogP contribution in [-0.4, -0.2) is 56.1 Å². The third-order valence-electron chi connectivity index (χ3n) is 5.29. The summed E-state index contributed by atoms with van der Waals surface area (Å²) in [6, 6.07) is 5.27. The summed E-state index contributed by atoms with van der Waals surface area (Å²) in [6.45, 7) is 4.43. The molecular weight excluding hydrogens is 385 g/mol. The highest BCUT2D eigenvalue weighted by Crippen LogP contribution is 2.32. The molecule has 0 radical (unpaired) electrons. The molecule has 158 valence electrons. The van der Waals surface area contributed by atoms with Crippen molar-refractivity contribution in [2.45, 2.75) is 45.6 Å². The molecule has 0 unspecified atom stereocenters. The molecule has 0 atom stereocenters. The van der Waals surface area contributed by atoms with E-state index >= 15 is 0 Å². The van der Waals surface area contributed by atoms with E-state index in [0.29, 0.717) is 18.3 Å². The standard InChI is InChI=1S/C19H25F3N6O/c1-14-7-9-27(10-8-14)12-17-23-24-25-28(17)13-18(29)26(2)11-15-5-3-4-6-16(15)19(20,21)22/h3-6,14H,7-13H2,1-2H3. The molecule has 2 heterocycles. The molecule has 29 heavy (non-hydrogen) atoms. The van der Waals surface area contributed by atoms with Gasteiger partial charge in [0, 0.05) is 13.6 Å². The fourth-order valence-corrected chi connectivity index (χ4v) is 3.41. The number of halogens is 3. The van der Waals surface area contributed by atoms with Gasteiger partial charge in [-0.25, -0.2) is 4.68 Å². The molecule has 1 fully saturated rings. The SMILES string of the molecule is CC1CCN(Cc2nnnn2CC(=O)N(C)Cc2ccccc2C(F)(F)F)CC1. The molecule has 0 saturated carbocycles. The Morgan fingerprint density at radius 3 is 2.62 bits per heavy atom. The first-order chi connectivity index (χ1) is 13.7. The molecule has 0 spiro atoms. The van der Waals surface area contributed by atoms with Crippen LogP contribution in [0.5, 0.6) is 0 Å². The highest BCUT2D eigenvalue weighted by molar-refractivity contribution is 5.75. The van der Waals surface area contributed by atoms with Crippen LogP contribution in [0.15, 0.2) is 24.3 Å². The fraction of sp³-hybridized carbons (Fsp3) is 0.579. The Kier molecular flexibility index (Phi) is 6.51. The van der Waals surface area contributed by atoms with E-state index < -0.39 is 11.7 Å². The summed E-state index contributed by atoms with van der Waals surface area (Å²) >= 11 is 0. The van der Waals surface area contributed by atoms with Crippen molar-refractivity contribution < 1.29 is 18.0 Å². The van der Waals surface area contributed by atoms with E-state index in [1.807, 2.05) is 0 Å². The lowest BCUT2D eigenvalue weighted by atomic mass is 9.99. The number of carbonyl (C=O) groups is 1. The first-order valence-corrected chi connectivity index (χ1v) is 9.60. The molecule has 1 aliphatic heterocycles. The van der Waals surface area contributed by atoms with Crippen LogP contribution in [0.3, 0.4) is 0 Å². The Morgan fingerprint density at radius 1 is 1.24 bits per heavy atom. The van der Waals surface area contributed by atoms with E-state index in [1.165, 1.54) is 34.8 Å². The predicted octanol–water partition coefficient (Wildman–Crippen LogP) is 2.58. The second-order valence-electron chi connectivity index (χ2n) is 7.62. The Labute approximate surface area is 167 Å². The summed E-state index contributed by atoms with van der Waals surface area (Å²) in [5.41, 5.74) is -0.683. The van der Waals surface area contributed by atoms with Gasteiger partial charge in [0.1, 0.15) is 6.54 Å². The molecule has 1 amide bonds. The summed E-state index contributed by atoms with van der Waals surface area (Å²) in [5, 5.41) is 11.6. The van der Waals surface area contributed by atoms with Crippen LogP contribution in [0.25, 0.3) is 0 Å². The zero-order valence-electron chi connectivity index (χ0n) is 16.6. The quantitative estimate of drug-likeness (QED) is 0.732. The number of hydrogen-bond donors (Lipinski definition) is 0. The number of likely N-dealkylation sites (N-methyl/N-ethyl adjacent to an activating group) is 1. The Morgan fingerprint density at radius 2 is 1.93 bits per heavy atom. The van der Waals surface area contributed by atoms with Crippen LogP contribution in [0.2, 0.25) is 0 Å². The van der Waals surface area contributed by atoms with E-state index in [4.69, 9.17) is 0 Å². The van der Waals surface area contributed by atoms with E-state index in [-0.39, 0.29) is 24.6 Å². The van der Waals surface area contributed by atoms with Gasteiger partial charge in [0.05, 0.1) is 12.1 Å². The Balaban J connectivity index is 1.62. The molecule has 0 aliphatic carbocycles. The smallest absolute Gasteiger partial charge is 0.340 e. The maximum atomic E-state index is 13.2. The van der Waals surface area contributed by atoms with Crippen molar-refractivity contribution in [3.63, 3.8) is 0 Å². The van der Waals surface area contributed by atoms with Crippen molar-refractivity contribution in [1.82, 2.24) is 30.0 Å². The van der Waals surface area contributed by atoms with Crippen LogP contribution < -0.4 is 0 Å². The van der Waals surface area contributed by atoms with E-state index in [2.05, 4.69) is 27.3 Å². The number of hydrogen-bond acceptors (Lipinski definition) is 5. The largest absolute Gasteiger partial charge is 0.416 e. The minimum atomic E-state index is -4.46. The van der Waals surface area contributed by atoms with Gasteiger partial charge >= 0.3 is 6.18 Å². The minimum Gasteiger partial charge on any atom is -0.340 e. The van der Waals surface area contributed by atoms with Crippen molar-refractivity contribution >= 4 is 5.91 Å². The number of tetrazole rings is 1. The highest BCUT2D eigenvalue weighted by atomic mass is 19.4. The minimum absolute atomic E-state index is 0.0511. The molecule has 1 aliphatic rings. The molecular formula is C19H25F3N6O. The van der Waals surface area contributed by atoms with Crippen molar-refractivity contribution in [2.75, 3.05) is 20.1 Å². The summed E-state index contributed by atoms with van der Waals surface area (Å²) in [6.07, 6.45) is -2.24. The Hall–Kier alpha value is -2.49. The van der Waals surface area contributed by atoms with Gasteiger partial charge in [-0.15, -0.1) is 5.10 Å². The van der Waals surface area contributed by atoms with Crippen LogP contribution in [0.4, 0.5) is 13.2 Å². The zero-order valence-corrected chi connectivity index (χ0v) is 16.6. The molecule has 2 aromatic rings. The highest BCUT2D eigenvalue weighted by Gasteiger charge is 2.33. The first-order valence-electron chi connectivity index (χ1n) is 9.60. The zero-order chi connectivity index (χ0) is 21.0. The van der Waals surface area contributed by atoms with E-state index in [0.717, 1.165) is 32.0 Å². The molecule has 1 saturated heterocycles. The van der Waals surface area contributed by atoms with Crippen molar-refractivity contribution in [3.8, 4) is 0 Å². The van der Waals surface area contributed by atoms with Crippen LogP contribution >= 0.6 is 0 Å². The summed E-state index contributed by atoms with van der Waals surface area (Å²) in [5.74, 6) is 0.928. The molecule has 10 heteroatoms. The number of likely N-dealkylation sites (tertiary alicyclic amines) is 1. The first kappa shape index (κ1) is 21.2. The van der Waals surface area contributed by atoms with Gasteiger partial charge in [-0.1, -0.05) is 25.1 Å². The van der Waals surface area contributed by atoms with Crippen LogP contribution in [-0.2, 0) is 30.6 Å². The predicted molar refractivity (Wildman–Crippen MR) is 99.4 cm³/mol. The molecule has 3 rings (SSSR count). The summed E-state index contributed by atoms with van der Waals surface area (Å²) in [7, 11) is 1.48. The number of piperidine rings is 1. The molecule has 0 bridgehead atoms. The summed E-state index contributed by atoms with van der Waals surface area (Å²) < 4.78 is 40.9. The second kappa shape index (κ2) is 8.89. The van der Waals surface area contributed by atoms with Crippen molar-refractivity contribution in [3.05, 3.63) is 41.2 Å². The lowest BCUT2D eigenvalue weighted by Gasteiger charge is -2.29. The lowest BCUT2D eigenvalue weighted by Crippen LogP contribution is -2.35. The van der Waals surface area contributed by atoms with Gasteiger partial charge in [0.25, 0.3) is 0 Å². The number of benzene rings is 1.